The van der Waals surface area contributed by atoms with Gasteiger partial charge in [0.25, 0.3) is 0 Å². The number of methoxy groups -OCH3 is 1. The molecule has 4 heteroatoms. The summed E-state index contributed by atoms with van der Waals surface area (Å²) < 4.78 is 7.69. The van der Waals surface area contributed by atoms with Gasteiger partial charge in [0.05, 0.1) is 18.1 Å². The van der Waals surface area contributed by atoms with Crippen molar-refractivity contribution in [1.29, 1.82) is 0 Å². The van der Waals surface area contributed by atoms with Crippen molar-refractivity contribution in [1.82, 2.24) is 9.55 Å². The number of hydrogen-bond acceptors (Lipinski definition) is 3. The van der Waals surface area contributed by atoms with Gasteiger partial charge in [-0.05, 0) is 31.4 Å². The molecule has 2 aromatic rings. The van der Waals surface area contributed by atoms with Crippen LogP contribution >= 0.6 is 0 Å². The second-order valence-corrected chi connectivity index (χ2v) is 6.36. The Morgan fingerprint density at radius 3 is 2.90 bits per heavy atom. The van der Waals surface area contributed by atoms with E-state index in [2.05, 4.69) is 24.5 Å². The van der Waals surface area contributed by atoms with Crippen molar-refractivity contribution >= 4 is 11.0 Å². The summed E-state index contributed by atoms with van der Waals surface area (Å²) in [4.78, 5) is 4.95. The number of hydrogen-bond donors (Lipinski definition) is 1. The van der Waals surface area contributed by atoms with Crippen LogP contribution in [-0.4, -0.2) is 22.7 Å². The fraction of sp³-hybridized carbons (Fsp3) is 0.588. The maximum Gasteiger partial charge on any atom is 0.121 e. The van der Waals surface area contributed by atoms with E-state index in [0.29, 0.717) is 0 Å². The smallest absolute Gasteiger partial charge is 0.121 e. The molecule has 0 bridgehead atoms. The summed E-state index contributed by atoms with van der Waals surface area (Å²) in [6.07, 6.45) is 4.50. The van der Waals surface area contributed by atoms with Gasteiger partial charge in [0.1, 0.15) is 11.6 Å². The molecule has 0 amide bonds. The quantitative estimate of drug-likeness (QED) is 0.939. The molecule has 2 unspecified atom stereocenters. The van der Waals surface area contributed by atoms with Crippen molar-refractivity contribution in [2.75, 3.05) is 7.11 Å². The molecule has 1 heterocycles. The van der Waals surface area contributed by atoms with E-state index in [-0.39, 0.29) is 11.5 Å². The van der Waals surface area contributed by atoms with Gasteiger partial charge in [0.2, 0.25) is 0 Å². The number of nitrogens with two attached hydrogens (primary N) is 1. The number of aryl methyl sites for hydroxylation is 1. The molecule has 1 aliphatic rings. The van der Waals surface area contributed by atoms with Gasteiger partial charge in [-0.15, -0.1) is 0 Å². The molecule has 0 saturated heterocycles. The Labute approximate surface area is 126 Å². The predicted octanol–water partition coefficient (Wildman–Crippen LogP) is 3.22. The molecule has 1 saturated carbocycles. The molecule has 2 N–H and O–H groups in total. The van der Waals surface area contributed by atoms with Crippen molar-refractivity contribution < 1.29 is 4.74 Å². The summed E-state index contributed by atoms with van der Waals surface area (Å²) in [6, 6.07) is 6.35. The first-order valence-electron chi connectivity index (χ1n) is 7.90. The van der Waals surface area contributed by atoms with Gasteiger partial charge in [0, 0.05) is 24.1 Å². The highest BCUT2D eigenvalue weighted by Gasteiger charge is 2.41. The fourth-order valence-electron chi connectivity index (χ4n) is 3.59. The monoisotopic (exact) mass is 287 g/mol. The lowest BCUT2D eigenvalue weighted by Gasteiger charge is -2.29. The van der Waals surface area contributed by atoms with Crippen LogP contribution in [0.1, 0.15) is 45.4 Å². The first-order chi connectivity index (χ1) is 10.1. The zero-order valence-electron chi connectivity index (χ0n) is 13.2. The highest BCUT2D eigenvalue weighted by molar-refractivity contribution is 5.78. The first-order valence-corrected chi connectivity index (χ1v) is 7.90. The van der Waals surface area contributed by atoms with Gasteiger partial charge in [0.15, 0.2) is 0 Å². The summed E-state index contributed by atoms with van der Waals surface area (Å²) in [7, 11) is 1.69. The summed E-state index contributed by atoms with van der Waals surface area (Å²) in [5, 5.41) is 0. The topological polar surface area (TPSA) is 53.1 Å². The molecule has 1 aromatic carbocycles. The molecule has 1 aromatic heterocycles. The van der Waals surface area contributed by atoms with Crippen LogP contribution in [0.25, 0.3) is 11.0 Å². The molecule has 0 aliphatic heterocycles. The number of fused-ring (bicyclic) bond motifs is 1. The van der Waals surface area contributed by atoms with Crippen LogP contribution in [0.2, 0.25) is 0 Å². The largest absolute Gasteiger partial charge is 0.497 e. The van der Waals surface area contributed by atoms with Crippen molar-refractivity contribution in [3.8, 4) is 5.75 Å². The minimum atomic E-state index is -0.0125. The molecular formula is C17H25N3O. The Morgan fingerprint density at radius 2 is 2.29 bits per heavy atom. The third kappa shape index (κ3) is 2.22. The maximum absolute atomic E-state index is 6.41. The lowest BCUT2D eigenvalue weighted by atomic mass is 9.84. The second kappa shape index (κ2) is 5.34. The zero-order chi connectivity index (χ0) is 15.0. The number of nitrogens with zero attached hydrogens (tertiary/aromatic N) is 2. The predicted molar refractivity (Wildman–Crippen MR) is 85.8 cm³/mol. The fourth-order valence-corrected chi connectivity index (χ4v) is 3.59. The molecule has 21 heavy (non-hydrogen) atoms. The molecule has 0 radical (unpaired) electrons. The number of rotatable bonds is 4. The molecule has 1 fully saturated rings. The van der Waals surface area contributed by atoms with Crippen molar-refractivity contribution in [3.63, 3.8) is 0 Å². The molecular weight excluding hydrogens is 262 g/mol. The second-order valence-electron chi connectivity index (χ2n) is 6.36. The van der Waals surface area contributed by atoms with E-state index in [4.69, 9.17) is 15.5 Å². The van der Waals surface area contributed by atoms with E-state index in [0.717, 1.165) is 42.9 Å². The Kier molecular flexibility index (Phi) is 3.66. The molecule has 114 valence electrons. The van der Waals surface area contributed by atoms with Crippen molar-refractivity contribution in [2.24, 2.45) is 5.73 Å². The molecule has 2 atom stereocenters. The minimum Gasteiger partial charge on any atom is -0.497 e. The van der Waals surface area contributed by atoms with Gasteiger partial charge < -0.3 is 15.0 Å². The number of ether oxygens (including phenoxy) is 1. The highest BCUT2D eigenvalue weighted by Crippen LogP contribution is 2.40. The maximum atomic E-state index is 6.41. The lowest BCUT2D eigenvalue weighted by molar-refractivity contribution is 0.386. The number of aromatic nitrogens is 2. The van der Waals surface area contributed by atoms with Crippen LogP contribution in [0.3, 0.4) is 0 Å². The number of benzene rings is 1. The van der Waals surface area contributed by atoms with E-state index in [1.165, 1.54) is 11.9 Å². The third-order valence-electron chi connectivity index (χ3n) is 4.94. The average molecular weight is 287 g/mol. The summed E-state index contributed by atoms with van der Waals surface area (Å²) >= 11 is 0. The average Bonchev–Trinajstić information content (AvgIpc) is 3.01. The Morgan fingerprint density at radius 1 is 1.48 bits per heavy atom. The van der Waals surface area contributed by atoms with Crippen LogP contribution in [0.4, 0.5) is 0 Å². The van der Waals surface area contributed by atoms with Crippen LogP contribution in [-0.2, 0) is 12.0 Å². The molecule has 4 nitrogen and oxygen atoms in total. The van der Waals surface area contributed by atoms with E-state index in [1.54, 1.807) is 7.11 Å². The van der Waals surface area contributed by atoms with E-state index >= 15 is 0 Å². The van der Waals surface area contributed by atoms with Gasteiger partial charge in [-0.2, -0.15) is 0 Å². The highest BCUT2D eigenvalue weighted by atomic mass is 16.5. The van der Waals surface area contributed by atoms with Crippen LogP contribution < -0.4 is 10.5 Å². The SMILES string of the molecule is CCCn1c(C2(C)CCCC2N)nc2cc(OC)ccc21. The van der Waals surface area contributed by atoms with Crippen LogP contribution in [0, 0.1) is 0 Å². The summed E-state index contributed by atoms with van der Waals surface area (Å²) in [6.45, 7) is 5.46. The molecule has 3 rings (SSSR count). The van der Waals surface area contributed by atoms with E-state index in [9.17, 15) is 0 Å². The minimum absolute atomic E-state index is 0.0125. The zero-order valence-corrected chi connectivity index (χ0v) is 13.2. The Bertz CT molecular complexity index is 649. The molecule has 0 spiro atoms. The van der Waals surface area contributed by atoms with Gasteiger partial charge >= 0.3 is 0 Å². The van der Waals surface area contributed by atoms with Crippen LogP contribution in [0.5, 0.6) is 5.75 Å². The van der Waals surface area contributed by atoms with E-state index < -0.39 is 0 Å². The summed E-state index contributed by atoms with van der Waals surface area (Å²) in [5.74, 6) is 2.01. The normalized spacial score (nSPS) is 25.6. The van der Waals surface area contributed by atoms with Crippen LogP contribution in [0.15, 0.2) is 18.2 Å². The first kappa shape index (κ1) is 14.4. The van der Waals surface area contributed by atoms with Gasteiger partial charge in [-0.25, -0.2) is 4.98 Å². The van der Waals surface area contributed by atoms with Gasteiger partial charge in [-0.1, -0.05) is 20.3 Å². The van der Waals surface area contributed by atoms with Crippen molar-refractivity contribution in [3.05, 3.63) is 24.0 Å². The lowest BCUT2D eigenvalue weighted by Crippen LogP contribution is -2.40. The third-order valence-corrected chi connectivity index (χ3v) is 4.94. The van der Waals surface area contributed by atoms with Gasteiger partial charge in [-0.3, -0.25) is 0 Å². The molecule has 1 aliphatic carbocycles. The Hall–Kier alpha value is -1.55. The number of imidazole rings is 1. The summed E-state index contributed by atoms with van der Waals surface area (Å²) in [5.41, 5.74) is 8.60. The van der Waals surface area contributed by atoms with Crippen molar-refractivity contribution in [2.45, 2.75) is 57.5 Å². The van der Waals surface area contributed by atoms with E-state index in [1.807, 2.05) is 12.1 Å². The standard InChI is InChI=1S/C17H25N3O/c1-4-10-20-14-8-7-12(21-3)11-13(14)19-16(20)17(2)9-5-6-15(17)18/h7-8,11,15H,4-6,9-10,18H2,1-3H3. The Balaban J connectivity index is 2.18.